The Labute approximate surface area is 395 Å². The molecule has 3 aromatic rings. The normalized spacial score (nSPS) is 27.9. The molecular weight excluding hydrogens is 797 g/mol. The van der Waals surface area contributed by atoms with Crippen LogP contribution in [-0.4, -0.2) is 6.04 Å². The van der Waals surface area contributed by atoms with E-state index in [0.717, 1.165) is 44.9 Å². The second-order valence-electron chi connectivity index (χ2n) is 19.7. The van der Waals surface area contributed by atoms with Crippen molar-refractivity contribution in [3.8, 4) is 0 Å². The molecule has 0 amide bonds. The number of hydrogen-bond acceptors (Lipinski definition) is 2. The Hall–Kier alpha value is -6.38. The number of benzene rings is 3. The van der Waals surface area contributed by atoms with Crippen LogP contribution in [0.3, 0.4) is 0 Å². The minimum absolute atomic E-state index is 0.261. The Balaban J connectivity index is 0.891. The fourth-order valence-corrected chi connectivity index (χ4v) is 11.3. The van der Waals surface area contributed by atoms with Crippen molar-refractivity contribution < 1.29 is 0 Å². The van der Waals surface area contributed by atoms with Crippen molar-refractivity contribution in [2.24, 2.45) is 29.6 Å². The first-order chi connectivity index (χ1) is 32.4. The average molecular weight is 863 g/mol. The fraction of sp³-hybridized carbons (Fsp3) is 0.281. The van der Waals surface area contributed by atoms with Crippen LogP contribution in [0.2, 0.25) is 0 Å². The summed E-state index contributed by atoms with van der Waals surface area (Å²) in [4.78, 5) is 5.14. The molecule has 0 saturated heterocycles. The van der Waals surface area contributed by atoms with E-state index in [1.807, 2.05) is 0 Å². The maximum Gasteiger partial charge on any atom is 0.0557 e. The second kappa shape index (κ2) is 20.0. The number of rotatable bonds is 11. The third-order valence-electron chi connectivity index (χ3n) is 15.0. The van der Waals surface area contributed by atoms with Crippen LogP contribution in [0.4, 0.5) is 11.4 Å². The Bertz CT molecular complexity index is 2680. The third-order valence-corrected chi connectivity index (χ3v) is 15.0. The zero-order valence-electron chi connectivity index (χ0n) is 39.2. The minimum atomic E-state index is 0.261. The Kier molecular flexibility index (Phi) is 13.2. The van der Waals surface area contributed by atoms with Gasteiger partial charge >= 0.3 is 0 Å². The van der Waals surface area contributed by atoms with E-state index in [9.17, 15) is 0 Å². The summed E-state index contributed by atoms with van der Waals surface area (Å²) in [6.45, 7) is 7.04. The van der Waals surface area contributed by atoms with E-state index < -0.39 is 0 Å². The molecule has 2 heteroatoms. The van der Waals surface area contributed by atoms with E-state index in [-0.39, 0.29) is 6.04 Å². The van der Waals surface area contributed by atoms with Crippen molar-refractivity contribution in [3.05, 3.63) is 257 Å². The first-order valence-corrected chi connectivity index (χ1v) is 24.9. The number of hydrogen-bond donors (Lipinski definition) is 0. The molecule has 66 heavy (non-hydrogen) atoms. The van der Waals surface area contributed by atoms with Gasteiger partial charge in [0.1, 0.15) is 0 Å². The van der Waals surface area contributed by atoms with Crippen LogP contribution in [0.15, 0.2) is 241 Å². The molecule has 0 spiro atoms. The third kappa shape index (κ3) is 9.75. The van der Waals surface area contributed by atoms with Crippen molar-refractivity contribution in [1.29, 1.82) is 0 Å². The first kappa shape index (κ1) is 43.5. The highest BCUT2D eigenvalue weighted by molar-refractivity contribution is 5.76. The highest BCUT2D eigenvalue weighted by Gasteiger charge is 2.32. The van der Waals surface area contributed by atoms with Crippen LogP contribution in [0.25, 0.3) is 5.57 Å². The summed E-state index contributed by atoms with van der Waals surface area (Å²) < 4.78 is 0. The maximum absolute atomic E-state index is 2.66. The van der Waals surface area contributed by atoms with Gasteiger partial charge in [-0.3, -0.25) is 0 Å². The molecule has 0 heterocycles. The molecule has 0 aromatic heterocycles. The molecule has 0 N–H and O–H groups in total. The van der Waals surface area contributed by atoms with E-state index in [4.69, 9.17) is 0 Å². The average Bonchev–Trinajstić information content (AvgIpc) is 3.59. The predicted octanol–water partition coefficient (Wildman–Crippen LogP) is 16.5. The van der Waals surface area contributed by atoms with Crippen LogP contribution in [0.1, 0.15) is 94.2 Å². The molecule has 2 nitrogen and oxygen atoms in total. The Morgan fingerprint density at radius 1 is 0.515 bits per heavy atom. The summed E-state index contributed by atoms with van der Waals surface area (Å²) in [6.07, 6.45) is 59.3. The maximum atomic E-state index is 2.66. The van der Waals surface area contributed by atoms with E-state index in [0.29, 0.717) is 41.4 Å². The lowest BCUT2D eigenvalue weighted by Gasteiger charge is -2.40. The van der Waals surface area contributed by atoms with Crippen LogP contribution < -0.4 is 9.80 Å². The molecule has 7 aliphatic carbocycles. The predicted molar refractivity (Wildman–Crippen MR) is 282 cm³/mol. The molecule has 0 aliphatic heterocycles. The summed E-state index contributed by atoms with van der Waals surface area (Å²) in [5.41, 5.74) is 14.6. The van der Waals surface area contributed by atoms with Gasteiger partial charge in [0.25, 0.3) is 0 Å². The van der Waals surface area contributed by atoms with Gasteiger partial charge in [-0.25, -0.2) is 0 Å². The highest BCUT2D eigenvalue weighted by Crippen LogP contribution is 2.42. The molecule has 8 atom stereocenters. The quantitative estimate of drug-likeness (QED) is 0.189. The molecule has 3 aromatic carbocycles. The van der Waals surface area contributed by atoms with E-state index in [1.165, 1.54) is 61.9 Å². The zero-order chi connectivity index (χ0) is 44.8. The molecule has 10 rings (SSSR count). The van der Waals surface area contributed by atoms with Crippen molar-refractivity contribution in [3.63, 3.8) is 0 Å². The van der Waals surface area contributed by atoms with E-state index in [1.54, 1.807) is 0 Å². The van der Waals surface area contributed by atoms with Gasteiger partial charge in [0.15, 0.2) is 0 Å². The molecule has 7 aliphatic rings. The van der Waals surface area contributed by atoms with Gasteiger partial charge in [0, 0.05) is 46.2 Å². The zero-order valence-corrected chi connectivity index (χ0v) is 39.2. The molecular formula is C64H66N2. The van der Waals surface area contributed by atoms with Crippen LogP contribution in [0.5, 0.6) is 0 Å². The lowest BCUT2D eigenvalue weighted by atomic mass is 9.74. The molecule has 0 bridgehead atoms. The van der Waals surface area contributed by atoms with Gasteiger partial charge in [-0.1, -0.05) is 196 Å². The van der Waals surface area contributed by atoms with Crippen molar-refractivity contribution in [1.82, 2.24) is 0 Å². The van der Waals surface area contributed by atoms with Crippen LogP contribution in [0, 0.1) is 29.6 Å². The highest BCUT2D eigenvalue weighted by atomic mass is 15.2. The molecule has 0 fully saturated rings. The Morgan fingerprint density at radius 2 is 1.23 bits per heavy atom. The van der Waals surface area contributed by atoms with E-state index in [2.05, 4.69) is 243 Å². The Morgan fingerprint density at radius 3 is 1.88 bits per heavy atom. The van der Waals surface area contributed by atoms with Crippen LogP contribution >= 0.6 is 0 Å². The van der Waals surface area contributed by atoms with Crippen molar-refractivity contribution in [2.45, 2.75) is 83.6 Å². The second-order valence-corrected chi connectivity index (χ2v) is 19.7. The van der Waals surface area contributed by atoms with E-state index >= 15 is 0 Å². The van der Waals surface area contributed by atoms with Gasteiger partial charge < -0.3 is 9.80 Å². The van der Waals surface area contributed by atoms with Gasteiger partial charge in [-0.15, -0.1) is 0 Å². The smallest absolute Gasteiger partial charge is 0.0557 e. The summed E-state index contributed by atoms with van der Waals surface area (Å²) in [6, 6.07) is 30.0. The lowest BCUT2D eigenvalue weighted by molar-refractivity contribution is 0.294. The summed E-state index contributed by atoms with van der Waals surface area (Å²) in [7, 11) is 0. The topological polar surface area (TPSA) is 6.48 Å². The standard InChI is InChI=1S/C64H66N2/c1-46-13-10-11-19-57(44-46)64-42-41-63(45-48(64)3)66(61-35-23-52(24-36-61)50-17-8-5-9-18-50)62-37-27-54(28-38-62)53-25-33-59(34-26-53)65(58-31-21-51(22-32-58)49-15-6-4-7-16-49)60-39-29-55(30-40-60)56-20-12-14-47(2)43-56/h4-13,15,17-25,27-29,31-35,37-41,43-44,47-49,53,55,57,61,64H,14,16,26,30,36,42,45H2,1-3H3. The lowest BCUT2D eigenvalue weighted by Crippen LogP contribution is -2.37. The summed E-state index contributed by atoms with van der Waals surface area (Å²) in [5.74, 6) is 3.42. The van der Waals surface area contributed by atoms with Crippen LogP contribution in [-0.2, 0) is 0 Å². The SMILES string of the molecule is CC1=CC(C2CC=C(N(c3ccc(C4C=CC(N(C5=CCC(C6=CC(C)CC=C6)C=C5)c5ccc(C6C=CC=CC6)cc5)=CC4)cc3)C3C=CC(c4ccccc4)=CC3)CC2C)C=CC=C1. The van der Waals surface area contributed by atoms with Gasteiger partial charge in [0.2, 0.25) is 0 Å². The first-order valence-electron chi connectivity index (χ1n) is 24.9. The fourth-order valence-electron chi connectivity index (χ4n) is 11.3. The van der Waals surface area contributed by atoms with Gasteiger partial charge in [0.05, 0.1) is 6.04 Å². The summed E-state index contributed by atoms with van der Waals surface area (Å²) in [5, 5.41) is 0. The molecule has 0 saturated carbocycles. The monoisotopic (exact) mass is 863 g/mol. The minimum Gasteiger partial charge on any atom is -0.338 e. The number of allylic oxidation sites excluding steroid dienone is 24. The summed E-state index contributed by atoms with van der Waals surface area (Å²) >= 11 is 0. The van der Waals surface area contributed by atoms with Crippen molar-refractivity contribution in [2.75, 3.05) is 9.80 Å². The molecule has 8 unspecified atom stereocenters. The number of anilines is 2. The molecule has 0 radical (unpaired) electrons. The van der Waals surface area contributed by atoms with Gasteiger partial charge in [-0.2, -0.15) is 0 Å². The van der Waals surface area contributed by atoms with Crippen molar-refractivity contribution >= 4 is 16.9 Å². The molecule has 332 valence electrons. The number of nitrogens with zero attached hydrogens (tertiary/aromatic N) is 2. The largest absolute Gasteiger partial charge is 0.338 e. The van der Waals surface area contributed by atoms with Gasteiger partial charge in [-0.05, 0) is 140 Å².